The van der Waals surface area contributed by atoms with Gasteiger partial charge in [0.15, 0.2) is 0 Å². The van der Waals surface area contributed by atoms with Crippen LogP contribution < -0.4 is 4.74 Å². The average molecular weight is 288 g/mol. The molecule has 0 saturated heterocycles. The zero-order valence-electron chi connectivity index (χ0n) is 8.79. The second kappa shape index (κ2) is 5.63. The van der Waals surface area contributed by atoms with E-state index in [1.54, 1.807) is 18.2 Å². The standard InChI is InChI=1S/C13H9Cl3O/c14-10-3-1-9(2-4-10)8-17-11-5-6-12(15)13(16)7-11/h1-7H,8H2. The molecule has 2 rings (SSSR count). The Morgan fingerprint density at radius 3 is 2.18 bits per heavy atom. The van der Waals surface area contributed by atoms with Crippen LogP contribution in [0, 0.1) is 0 Å². The summed E-state index contributed by atoms with van der Waals surface area (Å²) in [4.78, 5) is 0. The van der Waals surface area contributed by atoms with Gasteiger partial charge < -0.3 is 4.74 Å². The van der Waals surface area contributed by atoms with Crippen molar-refractivity contribution in [2.24, 2.45) is 0 Å². The molecular weight excluding hydrogens is 279 g/mol. The van der Waals surface area contributed by atoms with Gasteiger partial charge in [-0.15, -0.1) is 0 Å². The summed E-state index contributed by atoms with van der Waals surface area (Å²) in [5.41, 5.74) is 1.04. The molecule has 0 atom stereocenters. The molecule has 0 aromatic heterocycles. The van der Waals surface area contributed by atoms with Gasteiger partial charge in [0.1, 0.15) is 12.4 Å². The van der Waals surface area contributed by atoms with Gasteiger partial charge in [0.2, 0.25) is 0 Å². The fraction of sp³-hybridized carbons (Fsp3) is 0.0769. The number of ether oxygens (including phenoxy) is 1. The highest BCUT2D eigenvalue weighted by atomic mass is 35.5. The van der Waals surface area contributed by atoms with Gasteiger partial charge in [-0.25, -0.2) is 0 Å². The largest absolute Gasteiger partial charge is 0.489 e. The molecule has 0 bridgehead atoms. The van der Waals surface area contributed by atoms with Crippen molar-refractivity contribution in [3.8, 4) is 5.75 Å². The van der Waals surface area contributed by atoms with E-state index in [0.717, 1.165) is 5.56 Å². The molecule has 4 heteroatoms. The third-order valence-electron chi connectivity index (χ3n) is 2.21. The molecule has 0 aliphatic heterocycles. The molecule has 2 aromatic rings. The first kappa shape index (κ1) is 12.6. The van der Waals surface area contributed by atoms with Crippen LogP contribution in [0.5, 0.6) is 5.75 Å². The van der Waals surface area contributed by atoms with Crippen LogP contribution in [0.4, 0.5) is 0 Å². The van der Waals surface area contributed by atoms with Gasteiger partial charge in [-0.05, 0) is 29.8 Å². The van der Waals surface area contributed by atoms with Crippen molar-refractivity contribution in [2.45, 2.75) is 6.61 Å². The topological polar surface area (TPSA) is 9.23 Å². The van der Waals surface area contributed by atoms with E-state index in [1.807, 2.05) is 24.3 Å². The van der Waals surface area contributed by atoms with Crippen molar-refractivity contribution in [3.05, 3.63) is 63.1 Å². The number of rotatable bonds is 3. The molecule has 1 nitrogen and oxygen atoms in total. The number of benzene rings is 2. The highest BCUT2D eigenvalue weighted by Crippen LogP contribution is 2.26. The molecule has 0 radical (unpaired) electrons. The highest BCUT2D eigenvalue weighted by Gasteiger charge is 2.01. The zero-order valence-corrected chi connectivity index (χ0v) is 11.1. The summed E-state index contributed by atoms with van der Waals surface area (Å²) < 4.78 is 5.58. The van der Waals surface area contributed by atoms with Crippen molar-refractivity contribution >= 4 is 34.8 Å². The van der Waals surface area contributed by atoms with Gasteiger partial charge in [-0.3, -0.25) is 0 Å². The lowest BCUT2D eigenvalue weighted by Gasteiger charge is -2.07. The van der Waals surface area contributed by atoms with E-state index in [0.29, 0.717) is 27.4 Å². The van der Waals surface area contributed by atoms with Crippen LogP contribution in [0.1, 0.15) is 5.56 Å². The Balaban J connectivity index is 2.02. The minimum Gasteiger partial charge on any atom is -0.489 e. The van der Waals surface area contributed by atoms with E-state index in [1.165, 1.54) is 0 Å². The molecule has 2 aromatic carbocycles. The predicted molar refractivity (Wildman–Crippen MR) is 72.2 cm³/mol. The fourth-order valence-electron chi connectivity index (χ4n) is 1.31. The molecule has 0 saturated carbocycles. The lowest BCUT2D eigenvalue weighted by molar-refractivity contribution is 0.306. The Hall–Kier alpha value is -0.890. The normalized spacial score (nSPS) is 10.3. The summed E-state index contributed by atoms with van der Waals surface area (Å²) in [5.74, 6) is 0.689. The lowest BCUT2D eigenvalue weighted by atomic mass is 10.2. The van der Waals surface area contributed by atoms with Gasteiger partial charge in [-0.1, -0.05) is 46.9 Å². The Morgan fingerprint density at radius 2 is 1.53 bits per heavy atom. The van der Waals surface area contributed by atoms with Gasteiger partial charge in [0, 0.05) is 11.1 Å². The van der Waals surface area contributed by atoms with E-state index in [4.69, 9.17) is 39.5 Å². The lowest BCUT2D eigenvalue weighted by Crippen LogP contribution is -1.94. The van der Waals surface area contributed by atoms with Gasteiger partial charge in [0.25, 0.3) is 0 Å². The van der Waals surface area contributed by atoms with Gasteiger partial charge in [-0.2, -0.15) is 0 Å². The summed E-state index contributed by atoms with van der Waals surface area (Å²) >= 11 is 17.5. The highest BCUT2D eigenvalue weighted by molar-refractivity contribution is 6.42. The average Bonchev–Trinajstić information content (AvgIpc) is 2.33. The zero-order chi connectivity index (χ0) is 12.3. The Kier molecular flexibility index (Phi) is 4.16. The monoisotopic (exact) mass is 286 g/mol. The molecule has 0 heterocycles. The molecular formula is C13H9Cl3O. The van der Waals surface area contributed by atoms with Crippen molar-refractivity contribution in [3.63, 3.8) is 0 Å². The van der Waals surface area contributed by atoms with Crippen molar-refractivity contribution < 1.29 is 4.74 Å². The maximum Gasteiger partial charge on any atom is 0.121 e. The fourth-order valence-corrected chi connectivity index (χ4v) is 1.73. The van der Waals surface area contributed by atoms with Gasteiger partial charge >= 0.3 is 0 Å². The first-order chi connectivity index (χ1) is 8.15. The summed E-state index contributed by atoms with van der Waals surface area (Å²) in [6, 6.07) is 12.7. The Bertz CT molecular complexity index is 509. The molecule has 0 amide bonds. The van der Waals surface area contributed by atoms with Crippen LogP contribution in [0.3, 0.4) is 0 Å². The van der Waals surface area contributed by atoms with Crippen LogP contribution in [-0.4, -0.2) is 0 Å². The Labute approximate surface area is 115 Å². The quantitative estimate of drug-likeness (QED) is 0.751. The summed E-state index contributed by atoms with van der Waals surface area (Å²) in [5, 5.41) is 1.72. The second-order valence-electron chi connectivity index (χ2n) is 3.49. The number of hydrogen-bond acceptors (Lipinski definition) is 1. The third-order valence-corrected chi connectivity index (χ3v) is 3.20. The maximum atomic E-state index is 5.89. The van der Waals surface area contributed by atoms with Crippen LogP contribution >= 0.6 is 34.8 Å². The molecule has 17 heavy (non-hydrogen) atoms. The third kappa shape index (κ3) is 3.53. The van der Waals surface area contributed by atoms with Crippen LogP contribution in [0.25, 0.3) is 0 Å². The molecule has 0 spiro atoms. The smallest absolute Gasteiger partial charge is 0.121 e. The van der Waals surface area contributed by atoms with Gasteiger partial charge in [0.05, 0.1) is 10.0 Å². The molecule has 0 unspecified atom stereocenters. The first-order valence-electron chi connectivity index (χ1n) is 4.97. The first-order valence-corrected chi connectivity index (χ1v) is 6.11. The summed E-state index contributed by atoms with van der Waals surface area (Å²) in [6.45, 7) is 0.467. The van der Waals surface area contributed by atoms with E-state index < -0.39 is 0 Å². The molecule has 88 valence electrons. The van der Waals surface area contributed by atoms with Crippen molar-refractivity contribution in [1.29, 1.82) is 0 Å². The molecule has 0 aliphatic carbocycles. The Morgan fingerprint density at radius 1 is 0.824 bits per heavy atom. The maximum absolute atomic E-state index is 5.89. The molecule has 0 N–H and O–H groups in total. The number of halogens is 3. The van der Waals surface area contributed by atoms with E-state index >= 15 is 0 Å². The number of hydrogen-bond donors (Lipinski definition) is 0. The van der Waals surface area contributed by atoms with E-state index in [-0.39, 0.29) is 0 Å². The van der Waals surface area contributed by atoms with E-state index in [2.05, 4.69) is 0 Å². The predicted octanol–water partition coefficient (Wildman–Crippen LogP) is 5.23. The van der Waals surface area contributed by atoms with Crippen molar-refractivity contribution in [1.82, 2.24) is 0 Å². The van der Waals surface area contributed by atoms with E-state index in [9.17, 15) is 0 Å². The SMILES string of the molecule is Clc1ccc(COc2ccc(Cl)c(Cl)c2)cc1. The van der Waals surface area contributed by atoms with Crippen molar-refractivity contribution in [2.75, 3.05) is 0 Å². The van der Waals surface area contributed by atoms with Crippen LogP contribution in [-0.2, 0) is 6.61 Å². The molecule has 0 fully saturated rings. The second-order valence-corrected chi connectivity index (χ2v) is 4.74. The van der Waals surface area contributed by atoms with Crippen LogP contribution in [0.2, 0.25) is 15.1 Å². The summed E-state index contributed by atoms with van der Waals surface area (Å²) in [7, 11) is 0. The minimum atomic E-state index is 0.467. The molecule has 0 aliphatic rings. The minimum absolute atomic E-state index is 0.467. The summed E-state index contributed by atoms with van der Waals surface area (Å²) in [6.07, 6.45) is 0. The van der Waals surface area contributed by atoms with Crippen LogP contribution in [0.15, 0.2) is 42.5 Å².